The molecule has 16 heteroatoms. The van der Waals surface area contributed by atoms with Crippen molar-refractivity contribution in [2.45, 2.75) is 21.5 Å². The van der Waals surface area contributed by atoms with Crippen LogP contribution >= 0.6 is 0 Å². The molecular weight excluding hydrogens is 536 g/mol. The third kappa shape index (κ3) is 6.67. The van der Waals surface area contributed by atoms with Gasteiger partial charge in [0.15, 0.2) is 13.7 Å². The number of alkyl halides is 11. The summed E-state index contributed by atoms with van der Waals surface area (Å²) in [6.45, 7) is 0. The second-order valence-corrected chi connectivity index (χ2v) is 8.51. The van der Waals surface area contributed by atoms with E-state index in [0.29, 0.717) is 0 Å². The molecule has 0 N–H and O–H groups in total. The van der Waals surface area contributed by atoms with Crippen molar-refractivity contribution in [3.05, 3.63) is 33.7 Å². The van der Waals surface area contributed by atoms with Gasteiger partial charge in [-0.2, -0.15) is 35.1 Å². The topological polar surface area (TPSA) is 57.2 Å². The fraction of sp³-hybridized carbons (Fsp3) is 0.400. The van der Waals surface area contributed by atoms with Gasteiger partial charge in [0.1, 0.15) is 5.82 Å². The monoisotopic (exact) mass is 540 g/mol. The Morgan fingerprint density at radius 3 is 1.42 bits per heavy atom. The van der Waals surface area contributed by atoms with Crippen LogP contribution in [0.4, 0.5) is 48.3 Å². The molecule has 0 unspecified atom stereocenters. The molecule has 0 heterocycles. The highest BCUT2D eigenvalue weighted by Crippen LogP contribution is 2.42. The van der Waals surface area contributed by atoms with Gasteiger partial charge < -0.3 is 4.55 Å². The van der Waals surface area contributed by atoms with Crippen LogP contribution in [0.3, 0.4) is 0 Å². The molecule has 26 heavy (non-hydrogen) atoms. The van der Waals surface area contributed by atoms with Crippen molar-refractivity contribution in [2.75, 3.05) is 0 Å². The van der Waals surface area contributed by atoms with Crippen LogP contribution in [-0.2, 0) is 10.1 Å². The van der Waals surface area contributed by atoms with Gasteiger partial charge in [0.05, 0.1) is 0 Å². The van der Waals surface area contributed by atoms with E-state index in [4.69, 9.17) is 13.0 Å². The molecule has 0 aliphatic carbocycles. The van der Waals surface area contributed by atoms with Crippen LogP contribution in [0.1, 0.15) is 0 Å². The van der Waals surface area contributed by atoms with E-state index in [1.165, 1.54) is 0 Å². The van der Waals surface area contributed by atoms with Crippen molar-refractivity contribution in [3.8, 4) is 0 Å². The Hall–Kier alpha value is -0.910. The zero-order valence-corrected chi connectivity index (χ0v) is 14.5. The molecule has 0 saturated heterocycles. The second-order valence-electron chi connectivity index (χ2n) is 4.00. The molecule has 152 valence electrons. The van der Waals surface area contributed by atoms with Crippen LogP contribution in [0.5, 0.6) is 0 Å². The van der Waals surface area contributed by atoms with Crippen LogP contribution in [0.15, 0.2) is 24.3 Å². The molecule has 0 aromatic heterocycles. The highest BCUT2D eigenvalue weighted by atomic mass is 127. The molecule has 0 bridgehead atoms. The molecule has 0 radical (unpaired) electrons. The van der Waals surface area contributed by atoms with Gasteiger partial charge >= 0.3 is 42.7 Å². The summed E-state index contributed by atoms with van der Waals surface area (Å²) < 4.78 is 152. The molecule has 1 aromatic rings. The van der Waals surface area contributed by atoms with E-state index in [0.717, 1.165) is 24.3 Å². The predicted molar refractivity (Wildman–Crippen MR) is 56.8 cm³/mol. The third-order valence-electron chi connectivity index (χ3n) is 2.03. The highest BCUT2D eigenvalue weighted by Gasteiger charge is 2.81. The fourth-order valence-corrected chi connectivity index (χ4v) is 3.00. The van der Waals surface area contributed by atoms with E-state index >= 15 is 0 Å². The summed E-state index contributed by atoms with van der Waals surface area (Å²) in [5, 5.41) is 0. The number of hydrogen-bond acceptors (Lipinski definition) is 3. The van der Waals surface area contributed by atoms with Crippen LogP contribution in [0, 0.1) is 9.39 Å². The molecule has 0 saturated carbocycles. The van der Waals surface area contributed by atoms with Crippen molar-refractivity contribution in [3.63, 3.8) is 0 Å². The van der Waals surface area contributed by atoms with E-state index < -0.39 is 62.2 Å². The van der Waals surface area contributed by atoms with E-state index in [9.17, 15) is 48.3 Å². The molecule has 0 spiro atoms. The van der Waals surface area contributed by atoms with Crippen LogP contribution in [0.2, 0.25) is 0 Å². The quantitative estimate of drug-likeness (QED) is 0.189. The molecule has 1 aromatic carbocycles. The average molecular weight is 540 g/mol. The smallest absolute Gasteiger partial charge is 0.520 e. The summed E-state index contributed by atoms with van der Waals surface area (Å²) in [6.07, 6.45) is -6.32. The molecule has 0 atom stereocenters. The van der Waals surface area contributed by atoms with Gasteiger partial charge in [-0.3, -0.25) is 0 Å². The lowest BCUT2D eigenvalue weighted by Crippen LogP contribution is -3.68. The normalized spacial score (nSPS) is 13.8. The number of halogens is 12. The van der Waals surface area contributed by atoms with Gasteiger partial charge in [0.25, 0.3) is 0 Å². The molecule has 0 fully saturated rings. The van der Waals surface area contributed by atoms with Crippen molar-refractivity contribution in [1.82, 2.24) is 0 Å². The van der Waals surface area contributed by atoms with Crippen molar-refractivity contribution < 1.29 is 82.5 Å². The van der Waals surface area contributed by atoms with Crippen molar-refractivity contribution in [2.24, 2.45) is 0 Å². The van der Waals surface area contributed by atoms with Crippen molar-refractivity contribution in [1.29, 1.82) is 0 Å². The number of hydrogen-bond donors (Lipinski definition) is 0. The van der Waals surface area contributed by atoms with Gasteiger partial charge in [-0.1, -0.05) is 0 Å². The van der Waals surface area contributed by atoms with E-state index in [-0.39, 0.29) is 0 Å². The first-order valence-corrected chi connectivity index (χ1v) is 9.05. The predicted octanol–water partition coefficient (Wildman–Crippen LogP) is 0.926. The van der Waals surface area contributed by atoms with E-state index in [1.54, 1.807) is 0 Å². The summed E-state index contributed by atoms with van der Waals surface area (Å²) in [7, 11) is -6.09. The Morgan fingerprint density at radius 2 is 1.15 bits per heavy atom. The fourth-order valence-electron chi connectivity index (χ4n) is 0.850. The Bertz CT molecular complexity index is 694. The van der Waals surface area contributed by atoms with Crippen LogP contribution in [0.25, 0.3) is 0 Å². The minimum Gasteiger partial charge on any atom is -0.741 e. The molecule has 0 aliphatic heterocycles. The SMILES string of the molecule is Fc1ccc([I+]C(F)(F)C(F)(F)C(F)(F)F)cc1.O=S(=O)([O-])C(F)(F)F. The second kappa shape index (κ2) is 7.99. The van der Waals surface area contributed by atoms with E-state index in [1.807, 2.05) is 0 Å². The maximum Gasteiger partial charge on any atom is 0.520 e. The Morgan fingerprint density at radius 1 is 0.808 bits per heavy atom. The summed E-state index contributed by atoms with van der Waals surface area (Å²) in [6, 6.07) is 2.97. The van der Waals surface area contributed by atoms with Gasteiger partial charge in [-0.05, 0) is 24.3 Å². The zero-order valence-electron chi connectivity index (χ0n) is 11.5. The van der Waals surface area contributed by atoms with Crippen LogP contribution < -0.4 is 21.2 Å². The lowest BCUT2D eigenvalue weighted by atomic mass is 10.3. The Kier molecular flexibility index (Phi) is 7.71. The number of benzene rings is 1. The largest absolute Gasteiger partial charge is 0.741 e. The maximum atomic E-state index is 13.0. The summed E-state index contributed by atoms with van der Waals surface area (Å²) in [5.41, 5.74) is -5.65. The number of rotatable bonds is 3. The maximum absolute atomic E-state index is 13.0. The lowest BCUT2D eigenvalue weighted by molar-refractivity contribution is -0.790. The van der Waals surface area contributed by atoms with Gasteiger partial charge in [-0.25, -0.2) is 12.8 Å². The molecule has 0 aliphatic rings. The van der Waals surface area contributed by atoms with Gasteiger partial charge in [-0.15, -0.1) is 8.78 Å². The standard InChI is InChI=1S/C9H4F8I.CHF3O3S/c10-5-1-3-6(4-2-5)18-9(16,17)7(11,12)8(13,14)15;2-1(3,4)8(5,6)7/h1-4H;(H,5,6,7)/q+1;/p-1. The molecule has 3 nitrogen and oxygen atoms in total. The average Bonchev–Trinajstić information content (AvgIpc) is 2.38. The summed E-state index contributed by atoms with van der Waals surface area (Å²) >= 11 is -2.96. The molecule has 0 amide bonds. The molecule has 1 rings (SSSR count). The zero-order chi connectivity index (χ0) is 21.2. The molecular formula is C10H4F11IO3S. The van der Waals surface area contributed by atoms with Gasteiger partial charge in [0, 0.05) is 0 Å². The van der Waals surface area contributed by atoms with Crippen LogP contribution in [-0.4, -0.2) is 34.5 Å². The van der Waals surface area contributed by atoms with Gasteiger partial charge in [0.2, 0.25) is 0 Å². The third-order valence-corrected chi connectivity index (χ3v) is 5.29. The first-order valence-electron chi connectivity index (χ1n) is 5.48. The summed E-state index contributed by atoms with van der Waals surface area (Å²) in [4.78, 5) is 0. The minimum absolute atomic E-state index is 0.413. The lowest BCUT2D eigenvalue weighted by Gasteiger charge is -2.19. The first kappa shape index (κ1) is 25.1. The summed E-state index contributed by atoms with van der Waals surface area (Å²) in [5.74, 6) is -6.89. The Balaban J connectivity index is 0.000000660. The Labute approximate surface area is 148 Å². The van der Waals surface area contributed by atoms with E-state index in [2.05, 4.69) is 0 Å². The van der Waals surface area contributed by atoms with Crippen molar-refractivity contribution >= 4 is 10.1 Å². The first-order chi connectivity index (χ1) is 11.2. The minimum atomic E-state index is -6.32. The highest BCUT2D eigenvalue weighted by molar-refractivity contribution is 7.86.